The van der Waals surface area contributed by atoms with Crippen LogP contribution < -0.4 is 5.32 Å². The van der Waals surface area contributed by atoms with E-state index in [0.29, 0.717) is 19.1 Å². The quantitative estimate of drug-likeness (QED) is 0.672. The lowest BCUT2D eigenvalue weighted by Gasteiger charge is -2.34. The minimum Gasteiger partial charge on any atom is -0.381 e. The molecule has 1 unspecified atom stereocenters. The Balaban J connectivity index is 1.35. The second kappa shape index (κ2) is 8.61. The van der Waals surface area contributed by atoms with Crippen molar-refractivity contribution in [1.29, 1.82) is 0 Å². The van der Waals surface area contributed by atoms with Crippen LogP contribution in [-0.2, 0) is 9.84 Å². The predicted molar refractivity (Wildman–Crippen MR) is 132 cm³/mol. The van der Waals surface area contributed by atoms with Gasteiger partial charge < -0.3 is 10.3 Å². The van der Waals surface area contributed by atoms with Crippen LogP contribution in [-0.4, -0.2) is 71.8 Å². The van der Waals surface area contributed by atoms with Crippen LogP contribution in [0.5, 0.6) is 0 Å². The van der Waals surface area contributed by atoms with Gasteiger partial charge in [0.1, 0.15) is 5.04 Å². The molecule has 1 aromatic carbocycles. The minimum absolute atomic E-state index is 0.173. The molecule has 1 aliphatic carbocycles. The third-order valence-electron chi connectivity index (χ3n) is 6.82. The van der Waals surface area contributed by atoms with Crippen molar-refractivity contribution in [3.05, 3.63) is 28.9 Å². The summed E-state index contributed by atoms with van der Waals surface area (Å²) in [4.78, 5) is 10.9. The number of aromatic amines is 1. The van der Waals surface area contributed by atoms with E-state index in [1.165, 1.54) is 25.7 Å². The molecule has 3 aliphatic rings. The molecule has 31 heavy (non-hydrogen) atoms. The summed E-state index contributed by atoms with van der Waals surface area (Å²) in [7, 11) is -2.86. The number of halogens is 1. The van der Waals surface area contributed by atoms with Gasteiger partial charge in [-0.05, 0) is 38.0 Å². The second-order valence-corrected chi connectivity index (χ2v) is 12.7. The maximum Gasteiger partial charge on any atom is 0.152 e. The Morgan fingerprint density at radius 2 is 1.97 bits per heavy atom. The number of aliphatic imine (C=N–C) groups is 1. The molecular formula is C22H29ClN4O2S2. The summed E-state index contributed by atoms with van der Waals surface area (Å²) < 4.78 is 23.5. The third-order valence-corrected chi connectivity index (χ3v) is 9.76. The molecule has 6 nitrogen and oxygen atoms in total. The van der Waals surface area contributed by atoms with Gasteiger partial charge in [0.05, 0.1) is 34.4 Å². The first-order valence-electron chi connectivity index (χ1n) is 11.1. The van der Waals surface area contributed by atoms with Gasteiger partial charge in [0.2, 0.25) is 0 Å². The average molecular weight is 481 g/mol. The van der Waals surface area contributed by atoms with Crippen molar-refractivity contribution >= 4 is 54.8 Å². The Morgan fingerprint density at radius 3 is 2.71 bits per heavy atom. The lowest BCUT2D eigenvalue weighted by Crippen LogP contribution is -2.49. The molecule has 1 saturated carbocycles. The van der Waals surface area contributed by atoms with E-state index in [9.17, 15) is 8.42 Å². The molecule has 168 valence electrons. The first-order chi connectivity index (χ1) is 14.9. The molecule has 2 aromatic rings. The zero-order chi connectivity index (χ0) is 21.6. The fourth-order valence-electron chi connectivity index (χ4n) is 4.89. The zero-order valence-corrected chi connectivity index (χ0v) is 20.1. The van der Waals surface area contributed by atoms with Crippen LogP contribution in [0.4, 0.5) is 5.69 Å². The number of thioether (sulfide) groups is 1. The van der Waals surface area contributed by atoms with Gasteiger partial charge in [-0.1, -0.05) is 24.4 Å². The number of sulfone groups is 1. The summed E-state index contributed by atoms with van der Waals surface area (Å²) in [6.45, 7) is 3.39. The summed E-state index contributed by atoms with van der Waals surface area (Å²) in [5.74, 6) is 1.43. The van der Waals surface area contributed by atoms with Crippen LogP contribution in [0.3, 0.4) is 0 Å². The van der Waals surface area contributed by atoms with Crippen molar-refractivity contribution in [2.45, 2.75) is 50.7 Å². The Labute approximate surface area is 193 Å². The largest absolute Gasteiger partial charge is 0.381 e. The highest BCUT2D eigenvalue weighted by atomic mass is 35.5. The first-order valence-corrected chi connectivity index (χ1v) is 14.3. The van der Waals surface area contributed by atoms with Crippen molar-refractivity contribution in [1.82, 2.24) is 9.88 Å². The molecule has 5 rings (SSSR count). The Kier molecular flexibility index (Phi) is 6.01. The Morgan fingerprint density at radius 1 is 1.23 bits per heavy atom. The molecule has 3 heterocycles. The van der Waals surface area contributed by atoms with E-state index in [-0.39, 0.29) is 23.6 Å². The van der Waals surface area contributed by atoms with E-state index in [1.54, 1.807) is 11.8 Å². The molecule has 0 bridgehead atoms. The molecule has 2 atom stereocenters. The van der Waals surface area contributed by atoms with E-state index in [2.05, 4.69) is 28.2 Å². The van der Waals surface area contributed by atoms with Crippen LogP contribution >= 0.6 is 23.4 Å². The maximum atomic E-state index is 11.7. The molecule has 0 spiro atoms. The van der Waals surface area contributed by atoms with E-state index in [1.807, 2.05) is 12.1 Å². The van der Waals surface area contributed by atoms with Crippen molar-refractivity contribution in [2.24, 2.45) is 4.99 Å². The molecule has 0 radical (unpaired) electrons. The van der Waals surface area contributed by atoms with Gasteiger partial charge in [0, 0.05) is 41.3 Å². The van der Waals surface area contributed by atoms with Crippen LogP contribution in [0.15, 0.2) is 23.2 Å². The highest BCUT2D eigenvalue weighted by molar-refractivity contribution is 8.14. The van der Waals surface area contributed by atoms with E-state index < -0.39 is 9.84 Å². The fraction of sp³-hybridized carbons (Fsp3) is 0.591. The number of nitrogens with one attached hydrogen (secondary N) is 2. The summed E-state index contributed by atoms with van der Waals surface area (Å²) in [5.41, 5.74) is 3.20. The number of hydrogen-bond acceptors (Lipinski definition) is 6. The van der Waals surface area contributed by atoms with Crippen molar-refractivity contribution < 1.29 is 8.42 Å². The van der Waals surface area contributed by atoms with Crippen LogP contribution in [0.25, 0.3) is 10.9 Å². The highest BCUT2D eigenvalue weighted by Gasteiger charge is 2.32. The smallest absolute Gasteiger partial charge is 0.152 e. The number of anilines is 1. The number of benzene rings is 1. The maximum absolute atomic E-state index is 11.7. The molecule has 9 heteroatoms. The molecule has 2 aliphatic heterocycles. The monoisotopic (exact) mass is 480 g/mol. The number of fused-ring (bicyclic) bond motifs is 1. The van der Waals surface area contributed by atoms with Gasteiger partial charge >= 0.3 is 0 Å². The number of rotatable bonds is 5. The van der Waals surface area contributed by atoms with E-state index in [0.717, 1.165) is 38.1 Å². The van der Waals surface area contributed by atoms with Crippen molar-refractivity contribution in [2.75, 3.05) is 35.7 Å². The van der Waals surface area contributed by atoms with Gasteiger partial charge in [-0.15, -0.1) is 11.8 Å². The molecule has 1 aromatic heterocycles. The summed E-state index contributed by atoms with van der Waals surface area (Å²) in [6, 6.07) is 7.09. The molecule has 2 fully saturated rings. The highest BCUT2D eigenvalue weighted by Crippen LogP contribution is 2.34. The Bertz CT molecular complexity index is 1090. The SMILES string of the molecule is CC([C@@H]1CSC(c2cc3cc(Cl)cc(NC4CCCC4)c3[nH]2)=N1)N1CCS(=O)(=O)CC1. The second-order valence-electron chi connectivity index (χ2n) is 8.97. The zero-order valence-electron chi connectivity index (χ0n) is 17.7. The number of hydrogen-bond donors (Lipinski definition) is 2. The van der Waals surface area contributed by atoms with E-state index >= 15 is 0 Å². The van der Waals surface area contributed by atoms with Crippen LogP contribution in [0.2, 0.25) is 5.02 Å². The predicted octanol–water partition coefficient (Wildman–Crippen LogP) is 4.16. The number of aromatic nitrogens is 1. The lowest BCUT2D eigenvalue weighted by molar-refractivity contribution is 0.207. The molecule has 1 saturated heterocycles. The first kappa shape index (κ1) is 21.6. The van der Waals surface area contributed by atoms with Gasteiger partial charge in [-0.3, -0.25) is 9.89 Å². The topological polar surface area (TPSA) is 77.6 Å². The van der Waals surface area contributed by atoms with Gasteiger partial charge in [0.25, 0.3) is 0 Å². The molecule has 0 amide bonds. The van der Waals surface area contributed by atoms with Gasteiger partial charge in [0.15, 0.2) is 9.84 Å². The summed E-state index contributed by atoms with van der Waals surface area (Å²) in [5, 5.41) is 6.56. The number of H-pyrrole nitrogens is 1. The van der Waals surface area contributed by atoms with Crippen molar-refractivity contribution in [3.63, 3.8) is 0 Å². The average Bonchev–Trinajstić information content (AvgIpc) is 3.47. The third kappa shape index (κ3) is 4.63. The Hall–Kier alpha value is -1.22. The van der Waals surface area contributed by atoms with Gasteiger partial charge in [-0.2, -0.15) is 0 Å². The van der Waals surface area contributed by atoms with Crippen LogP contribution in [0, 0.1) is 0 Å². The minimum atomic E-state index is -2.86. The summed E-state index contributed by atoms with van der Waals surface area (Å²) >= 11 is 8.19. The van der Waals surface area contributed by atoms with E-state index in [4.69, 9.17) is 16.6 Å². The fourth-order valence-corrected chi connectivity index (χ4v) is 7.50. The number of nitrogens with zero attached hydrogens (tertiary/aromatic N) is 2. The normalized spacial score (nSPS) is 25.7. The lowest BCUT2D eigenvalue weighted by atomic mass is 10.1. The van der Waals surface area contributed by atoms with Crippen LogP contribution in [0.1, 0.15) is 38.3 Å². The molecule has 2 N–H and O–H groups in total. The summed E-state index contributed by atoms with van der Waals surface area (Å²) in [6.07, 6.45) is 4.99. The standard InChI is InChI=1S/C22H29ClN4O2S2/c1-14(27-6-8-31(28,29)9-7-27)20-13-30-22(26-20)19-11-15-10-16(23)12-18(21(15)25-19)24-17-4-2-3-5-17/h10-12,14,17,20,24-25H,2-9,13H2,1H3/t14?,20-/m0/s1. The van der Waals surface area contributed by atoms with Gasteiger partial charge in [-0.25, -0.2) is 8.42 Å². The van der Waals surface area contributed by atoms with Crippen molar-refractivity contribution in [3.8, 4) is 0 Å². The molecular weight excluding hydrogens is 452 g/mol.